The highest BCUT2D eigenvalue weighted by Gasteiger charge is 2.18. The lowest BCUT2D eigenvalue weighted by Crippen LogP contribution is -2.35. The number of hydrogen-bond donors (Lipinski definition) is 1. The van der Waals surface area contributed by atoms with E-state index < -0.39 is 18.3 Å². The summed E-state index contributed by atoms with van der Waals surface area (Å²) in [5.41, 5.74) is 0.648. The molecule has 138 valence electrons. The van der Waals surface area contributed by atoms with Crippen LogP contribution in [0.25, 0.3) is 0 Å². The summed E-state index contributed by atoms with van der Waals surface area (Å²) in [6.07, 6.45) is 0.722. The van der Waals surface area contributed by atoms with Crippen LogP contribution in [0.5, 0.6) is 0 Å². The molecule has 0 unspecified atom stereocenters. The highest BCUT2D eigenvalue weighted by molar-refractivity contribution is 5.82. The lowest BCUT2D eigenvalue weighted by Gasteiger charge is -2.22. The van der Waals surface area contributed by atoms with E-state index in [1.54, 1.807) is 4.90 Å². The van der Waals surface area contributed by atoms with Gasteiger partial charge in [-0.05, 0) is 38.0 Å². The average Bonchev–Trinajstić information content (AvgIpc) is 2.57. The highest BCUT2D eigenvalue weighted by Crippen LogP contribution is 2.10. The zero-order valence-electron chi connectivity index (χ0n) is 14.7. The third kappa shape index (κ3) is 7.32. The SMILES string of the molecule is CCN(CC)C(=O)CCCC(=O)N(CC(=O)O)Cc1ccc(F)cc1. The molecule has 0 aliphatic rings. The minimum absolute atomic E-state index is 0.0129. The van der Waals surface area contributed by atoms with E-state index in [1.165, 1.54) is 29.2 Å². The number of halogens is 1. The van der Waals surface area contributed by atoms with Crippen LogP contribution in [-0.4, -0.2) is 52.3 Å². The fourth-order valence-electron chi connectivity index (χ4n) is 2.49. The van der Waals surface area contributed by atoms with E-state index in [4.69, 9.17) is 5.11 Å². The zero-order chi connectivity index (χ0) is 18.8. The number of carbonyl (C=O) groups is 3. The summed E-state index contributed by atoms with van der Waals surface area (Å²) in [6.45, 7) is 4.70. The lowest BCUT2D eigenvalue weighted by molar-refractivity contribution is -0.145. The van der Waals surface area contributed by atoms with Gasteiger partial charge in [-0.2, -0.15) is 0 Å². The van der Waals surface area contributed by atoms with Crippen LogP contribution in [0.2, 0.25) is 0 Å². The number of carboxylic acids is 1. The second kappa shape index (κ2) is 10.4. The molecule has 0 radical (unpaired) electrons. The summed E-state index contributed by atoms with van der Waals surface area (Å²) >= 11 is 0. The Hall–Kier alpha value is -2.44. The van der Waals surface area contributed by atoms with E-state index in [1.807, 2.05) is 13.8 Å². The Kier molecular flexibility index (Phi) is 8.60. The third-order valence-electron chi connectivity index (χ3n) is 3.86. The molecule has 0 bridgehead atoms. The maximum Gasteiger partial charge on any atom is 0.323 e. The van der Waals surface area contributed by atoms with Gasteiger partial charge in [0.25, 0.3) is 0 Å². The number of carboxylic acid groups (broad SMARTS) is 1. The van der Waals surface area contributed by atoms with Crippen molar-refractivity contribution in [3.8, 4) is 0 Å². The molecule has 0 aromatic heterocycles. The molecule has 1 aromatic carbocycles. The molecule has 0 saturated heterocycles. The van der Waals surface area contributed by atoms with Crippen LogP contribution in [0.1, 0.15) is 38.7 Å². The molecule has 0 spiro atoms. The average molecular weight is 352 g/mol. The highest BCUT2D eigenvalue weighted by atomic mass is 19.1. The molecule has 25 heavy (non-hydrogen) atoms. The largest absolute Gasteiger partial charge is 0.480 e. The molecule has 0 fully saturated rings. The minimum atomic E-state index is -1.12. The second-order valence-electron chi connectivity index (χ2n) is 5.69. The quantitative estimate of drug-likeness (QED) is 0.701. The molecule has 2 amide bonds. The van der Waals surface area contributed by atoms with Crippen molar-refractivity contribution in [3.63, 3.8) is 0 Å². The number of hydrogen-bond acceptors (Lipinski definition) is 3. The molecule has 6 nitrogen and oxygen atoms in total. The summed E-state index contributed by atoms with van der Waals surface area (Å²) in [6, 6.07) is 5.56. The van der Waals surface area contributed by atoms with E-state index in [2.05, 4.69) is 0 Å². The van der Waals surface area contributed by atoms with E-state index in [0.717, 1.165) is 0 Å². The van der Waals surface area contributed by atoms with Crippen molar-refractivity contribution < 1.29 is 23.9 Å². The zero-order valence-corrected chi connectivity index (χ0v) is 14.7. The lowest BCUT2D eigenvalue weighted by atomic mass is 10.1. The molecular weight excluding hydrogens is 327 g/mol. The maximum atomic E-state index is 12.9. The Balaban J connectivity index is 2.60. The van der Waals surface area contributed by atoms with Gasteiger partial charge in [0.05, 0.1) is 0 Å². The Bertz CT molecular complexity index is 585. The molecule has 7 heteroatoms. The van der Waals surface area contributed by atoms with Crippen LogP contribution in [0.3, 0.4) is 0 Å². The number of aliphatic carboxylic acids is 1. The van der Waals surface area contributed by atoms with Crippen LogP contribution in [0.4, 0.5) is 4.39 Å². The predicted molar refractivity (Wildman–Crippen MR) is 91.2 cm³/mol. The Morgan fingerprint density at radius 3 is 1.96 bits per heavy atom. The molecule has 1 aromatic rings. The van der Waals surface area contributed by atoms with Crippen molar-refractivity contribution in [2.45, 2.75) is 39.7 Å². The molecule has 1 rings (SSSR count). The van der Waals surface area contributed by atoms with E-state index >= 15 is 0 Å². The fraction of sp³-hybridized carbons (Fsp3) is 0.500. The monoisotopic (exact) mass is 352 g/mol. The first-order chi connectivity index (χ1) is 11.9. The second-order valence-corrected chi connectivity index (χ2v) is 5.69. The summed E-state index contributed by atoms with van der Waals surface area (Å²) in [4.78, 5) is 38.1. The van der Waals surface area contributed by atoms with Crippen molar-refractivity contribution in [3.05, 3.63) is 35.6 Å². The molecule has 0 atom stereocenters. The van der Waals surface area contributed by atoms with Gasteiger partial charge in [0.1, 0.15) is 12.4 Å². The van der Waals surface area contributed by atoms with Crippen molar-refractivity contribution in [1.82, 2.24) is 9.80 Å². The Morgan fingerprint density at radius 1 is 0.960 bits per heavy atom. The molecule has 0 aliphatic heterocycles. The standard InChI is InChI=1S/C18H25FN2O4/c1-3-20(4-2)16(22)6-5-7-17(23)21(13-18(24)25)12-14-8-10-15(19)11-9-14/h8-11H,3-7,12-13H2,1-2H3,(H,24,25). The van der Waals surface area contributed by atoms with Crippen LogP contribution in [0, 0.1) is 5.82 Å². The van der Waals surface area contributed by atoms with Crippen LogP contribution >= 0.6 is 0 Å². The first-order valence-corrected chi connectivity index (χ1v) is 8.39. The number of amides is 2. The topological polar surface area (TPSA) is 77.9 Å². The number of nitrogens with zero attached hydrogens (tertiary/aromatic N) is 2. The van der Waals surface area contributed by atoms with Crippen molar-refractivity contribution >= 4 is 17.8 Å². The van der Waals surface area contributed by atoms with Gasteiger partial charge in [-0.25, -0.2) is 4.39 Å². The molecule has 1 N–H and O–H groups in total. The summed E-state index contributed by atoms with van der Waals surface area (Å²) < 4.78 is 12.9. The first-order valence-electron chi connectivity index (χ1n) is 8.39. The van der Waals surface area contributed by atoms with Gasteiger partial charge in [-0.3, -0.25) is 14.4 Å². The van der Waals surface area contributed by atoms with Gasteiger partial charge in [0.15, 0.2) is 0 Å². The van der Waals surface area contributed by atoms with Gasteiger partial charge in [-0.15, -0.1) is 0 Å². The van der Waals surface area contributed by atoms with Crippen LogP contribution < -0.4 is 0 Å². The molecule has 0 heterocycles. The molecule has 0 aliphatic carbocycles. The first kappa shape index (κ1) is 20.6. The summed E-state index contributed by atoms with van der Waals surface area (Å²) in [7, 11) is 0. The van der Waals surface area contributed by atoms with Gasteiger partial charge in [-0.1, -0.05) is 12.1 Å². The van der Waals surface area contributed by atoms with Crippen molar-refractivity contribution in [1.29, 1.82) is 0 Å². The number of carbonyl (C=O) groups excluding carboxylic acids is 2. The van der Waals surface area contributed by atoms with Crippen LogP contribution in [0.15, 0.2) is 24.3 Å². The number of benzene rings is 1. The fourth-order valence-corrected chi connectivity index (χ4v) is 2.49. The van der Waals surface area contributed by atoms with Gasteiger partial charge < -0.3 is 14.9 Å². The number of rotatable bonds is 10. The normalized spacial score (nSPS) is 10.4. The Morgan fingerprint density at radius 2 is 1.48 bits per heavy atom. The van der Waals surface area contributed by atoms with Gasteiger partial charge in [0, 0.05) is 32.5 Å². The van der Waals surface area contributed by atoms with E-state index in [0.29, 0.717) is 25.1 Å². The van der Waals surface area contributed by atoms with Crippen molar-refractivity contribution in [2.75, 3.05) is 19.6 Å². The predicted octanol–water partition coefficient (Wildman–Crippen LogP) is 2.28. The van der Waals surface area contributed by atoms with Gasteiger partial charge in [0.2, 0.25) is 11.8 Å². The molecular formula is C18H25FN2O4. The summed E-state index contributed by atoms with van der Waals surface area (Å²) in [5.74, 6) is -1.86. The van der Waals surface area contributed by atoms with E-state index in [9.17, 15) is 18.8 Å². The van der Waals surface area contributed by atoms with Crippen LogP contribution in [-0.2, 0) is 20.9 Å². The van der Waals surface area contributed by atoms with Crippen molar-refractivity contribution in [2.24, 2.45) is 0 Å². The Labute approximate surface area is 147 Å². The summed E-state index contributed by atoms with van der Waals surface area (Å²) in [5, 5.41) is 8.99. The smallest absolute Gasteiger partial charge is 0.323 e. The maximum absolute atomic E-state index is 12.9. The molecule has 0 saturated carbocycles. The van der Waals surface area contributed by atoms with E-state index in [-0.39, 0.29) is 31.2 Å². The third-order valence-corrected chi connectivity index (χ3v) is 3.86. The minimum Gasteiger partial charge on any atom is -0.480 e. The van der Waals surface area contributed by atoms with Gasteiger partial charge >= 0.3 is 5.97 Å².